The van der Waals surface area contributed by atoms with Gasteiger partial charge in [-0.15, -0.1) is 0 Å². The lowest BCUT2D eigenvalue weighted by Crippen LogP contribution is -2.38. The molecule has 0 bridgehead atoms. The Morgan fingerprint density at radius 1 is 1.36 bits per heavy atom. The zero-order valence-electron chi connectivity index (χ0n) is 12.1. The molecular formula is C14H9F3N2O6. The summed E-state index contributed by atoms with van der Waals surface area (Å²) in [6.07, 6.45) is -6.02. The molecule has 1 fully saturated rings. The molecule has 132 valence electrons. The fourth-order valence-corrected chi connectivity index (χ4v) is 2.19. The van der Waals surface area contributed by atoms with E-state index in [0.717, 1.165) is 24.4 Å². The van der Waals surface area contributed by atoms with Crippen molar-refractivity contribution in [3.63, 3.8) is 0 Å². The highest BCUT2D eigenvalue weighted by atomic mass is 19.4. The van der Waals surface area contributed by atoms with Gasteiger partial charge in [0.15, 0.2) is 17.2 Å². The number of fused-ring (bicyclic) bond motifs is 1. The van der Waals surface area contributed by atoms with Gasteiger partial charge in [0.25, 0.3) is 5.91 Å². The van der Waals surface area contributed by atoms with E-state index in [-0.39, 0.29) is 5.70 Å². The van der Waals surface area contributed by atoms with Crippen molar-refractivity contribution < 1.29 is 42.1 Å². The molecule has 0 radical (unpaired) electrons. The van der Waals surface area contributed by atoms with Gasteiger partial charge in [-0.3, -0.25) is 9.59 Å². The quantitative estimate of drug-likeness (QED) is 0.571. The highest BCUT2D eigenvalue weighted by Gasteiger charge is 2.53. The van der Waals surface area contributed by atoms with E-state index in [1.807, 2.05) is 0 Å². The molecule has 2 heterocycles. The first kappa shape index (κ1) is 17.0. The lowest BCUT2D eigenvalue weighted by atomic mass is 10.0. The van der Waals surface area contributed by atoms with Gasteiger partial charge in [0.2, 0.25) is 0 Å². The number of pyridine rings is 1. The van der Waals surface area contributed by atoms with Gasteiger partial charge >= 0.3 is 12.1 Å². The number of nitrogens with zero attached hydrogens (tertiary/aromatic N) is 1. The normalized spacial score (nSPS) is 24.9. The molecule has 25 heavy (non-hydrogen) atoms. The number of aromatic nitrogens is 1. The number of hydrogen-bond acceptors (Lipinski definition) is 7. The Balaban J connectivity index is 1.79. The number of carbonyl (C=O) groups is 3. The van der Waals surface area contributed by atoms with Crippen LogP contribution in [-0.4, -0.2) is 52.2 Å². The zero-order valence-corrected chi connectivity index (χ0v) is 12.1. The molecule has 1 aromatic heterocycles. The average molecular weight is 358 g/mol. The number of carbonyl (C=O) groups excluding carboxylic acids is 3. The Morgan fingerprint density at radius 2 is 2.08 bits per heavy atom. The predicted molar refractivity (Wildman–Crippen MR) is 71.2 cm³/mol. The first-order valence-electron chi connectivity index (χ1n) is 6.83. The van der Waals surface area contributed by atoms with Crippen molar-refractivity contribution in [2.45, 2.75) is 24.5 Å². The van der Waals surface area contributed by atoms with Crippen LogP contribution in [0.25, 0.3) is 0 Å². The Labute approximate surface area is 137 Å². The highest BCUT2D eigenvalue weighted by Crippen LogP contribution is 2.33. The number of nitrogens with one attached hydrogen (secondary N) is 1. The van der Waals surface area contributed by atoms with E-state index in [1.165, 1.54) is 0 Å². The number of hydrogen-bond donors (Lipinski definition) is 2. The number of aliphatic hydroxyl groups excluding tert-OH is 1. The van der Waals surface area contributed by atoms with Crippen LogP contribution in [0.15, 0.2) is 30.1 Å². The Kier molecular flexibility index (Phi) is 4.05. The molecule has 1 saturated heterocycles. The summed E-state index contributed by atoms with van der Waals surface area (Å²) < 4.78 is 45.9. The summed E-state index contributed by atoms with van der Waals surface area (Å²) in [7, 11) is 0. The first-order chi connectivity index (χ1) is 11.7. The minimum atomic E-state index is -5.25. The molecule has 3 rings (SSSR count). The molecule has 11 heteroatoms. The van der Waals surface area contributed by atoms with Crippen LogP contribution in [0.2, 0.25) is 0 Å². The van der Waals surface area contributed by atoms with E-state index in [2.05, 4.69) is 15.0 Å². The van der Waals surface area contributed by atoms with Crippen molar-refractivity contribution in [1.29, 1.82) is 0 Å². The number of amides is 1. The topological polar surface area (TPSA) is 118 Å². The summed E-state index contributed by atoms with van der Waals surface area (Å²) in [4.78, 5) is 38.2. The number of esters is 1. The Hall–Kier alpha value is -2.79. The molecule has 1 amide bonds. The number of epoxide rings is 1. The van der Waals surface area contributed by atoms with Crippen LogP contribution in [0, 0.1) is 0 Å². The van der Waals surface area contributed by atoms with Crippen molar-refractivity contribution in [1.82, 2.24) is 10.3 Å². The van der Waals surface area contributed by atoms with E-state index in [1.54, 1.807) is 0 Å². The fraction of sp³-hybridized carbons (Fsp3) is 0.286. The summed E-state index contributed by atoms with van der Waals surface area (Å²) in [5.41, 5.74) is -0.813. The van der Waals surface area contributed by atoms with Crippen LogP contribution in [0.5, 0.6) is 5.75 Å². The molecule has 2 N–H and O–H groups in total. The standard InChI is InChI=1S/C14H9F3N2O6/c15-14(16,17)13(23)24-7-2-1-3-18-8(7)12(22)19-5-4-6(20)10-11(25-10)9(5)21/h1-4,9-11,21H,(H,19,22). The van der Waals surface area contributed by atoms with E-state index in [9.17, 15) is 32.7 Å². The predicted octanol–water partition coefficient (Wildman–Crippen LogP) is -0.126. The van der Waals surface area contributed by atoms with Gasteiger partial charge in [-0.05, 0) is 12.1 Å². The van der Waals surface area contributed by atoms with Gasteiger partial charge < -0.3 is 19.9 Å². The molecule has 8 nitrogen and oxygen atoms in total. The minimum absolute atomic E-state index is 0.187. The second-order valence-electron chi connectivity index (χ2n) is 5.16. The van der Waals surface area contributed by atoms with Crippen LogP contribution < -0.4 is 10.1 Å². The first-order valence-corrected chi connectivity index (χ1v) is 6.83. The number of alkyl halides is 3. The minimum Gasteiger partial charge on any atom is -0.417 e. The number of ether oxygens (including phenoxy) is 2. The van der Waals surface area contributed by atoms with Crippen LogP contribution in [-0.2, 0) is 14.3 Å². The van der Waals surface area contributed by atoms with E-state index < -0.39 is 53.6 Å². The summed E-state index contributed by atoms with van der Waals surface area (Å²) in [5.74, 6) is -4.77. The molecule has 1 aliphatic carbocycles. The summed E-state index contributed by atoms with van der Waals surface area (Å²) >= 11 is 0. The maximum Gasteiger partial charge on any atom is 0.491 e. The average Bonchev–Trinajstić information content (AvgIpc) is 3.33. The number of aliphatic hydroxyl groups is 1. The van der Waals surface area contributed by atoms with Crippen LogP contribution in [0.4, 0.5) is 13.2 Å². The van der Waals surface area contributed by atoms with Crippen molar-refractivity contribution in [3.8, 4) is 5.75 Å². The smallest absolute Gasteiger partial charge is 0.417 e. The van der Waals surface area contributed by atoms with Gasteiger partial charge in [0.1, 0.15) is 18.3 Å². The largest absolute Gasteiger partial charge is 0.491 e. The highest BCUT2D eigenvalue weighted by molar-refractivity contribution is 6.01. The molecule has 3 atom stereocenters. The van der Waals surface area contributed by atoms with Crippen LogP contribution in [0.3, 0.4) is 0 Å². The van der Waals surface area contributed by atoms with Crippen molar-refractivity contribution in [3.05, 3.63) is 35.8 Å². The second kappa shape index (κ2) is 5.93. The van der Waals surface area contributed by atoms with Gasteiger partial charge in [-0.1, -0.05) is 0 Å². The summed E-state index contributed by atoms with van der Waals surface area (Å²) in [6.45, 7) is 0. The number of ketones is 1. The SMILES string of the molecule is O=C(NC1=CC(=O)C2OC2C1O)c1ncccc1OC(=O)C(F)(F)F. The molecule has 0 aromatic carbocycles. The van der Waals surface area contributed by atoms with Gasteiger partial charge in [0.05, 0.1) is 5.70 Å². The maximum atomic E-state index is 12.3. The number of halogens is 3. The Morgan fingerprint density at radius 3 is 2.76 bits per heavy atom. The second-order valence-corrected chi connectivity index (χ2v) is 5.16. The third kappa shape index (κ3) is 3.37. The fourth-order valence-electron chi connectivity index (χ4n) is 2.19. The summed E-state index contributed by atoms with van der Waals surface area (Å²) in [6, 6.07) is 2.11. The molecular weight excluding hydrogens is 349 g/mol. The molecule has 3 unspecified atom stereocenters. The van der Waals surface area contributed by atoms with Crippen molar-refractivity contribution >= 4 is 17.7 Å². The lowest BCUT2D eigenvalue weighted by molar-refractivity contribution is -0.189. The third-order valence-corrected chi connectivity index (χ3v) is 3.41. The van der Waals surface area contributed by atoms with Gasteiger partial charge in [0, 0.05) is 12.3 Å². The molecule has 0 spiro atoms. The zero-order chi connectivity index (χ0) is 18.4. The monoisotopic (exact) mass is 358 g/mol. The van der Waals surface area contributed by atoms with Gasteiger partial charge in [-0.2, -0.15) is 13.2 Å². The lowest BCUT2D eigenvalue weighted by Gasteiger charge is -2.17. The Bertz CT molecular complexity index is 791. The van der Waals surface area contributed by atoms with Crippen molar-refractivity contribution in [2.24, 2.45) is 0 Å². The molecule has 0 saturated carbocycles. The van der Waals surface area contributed by atoms with Crippen molar-refractivity contribution in [2.75, 3.05) is 0 Å². The molecule has 2 aliphatic rings. The maximum absolute atomic E-state index is 12.3. The molecule has 1 aromatic rings. The number of rotatable bonds is 3. The van der Waals surface area contributed by atoms with E-state index in [4.69, 9.17) is 4.74 Å². The van der Waals surface area contributed by atoms with Crippen LogP contribution >= 0.6 is 0 Å². The summed E-state index contributed by atoms with van der Waals surface area (Å²) in [5, 5.41) is 12.1. The third-order valence-electron chi connectivity index (χ3n) is 3.41. The molecule has 1 aliphatic heterocycles. The van der Waals surface area contributed by atoms with E-state index in [0.29, 0.717) is 0 Å². The van der Waals surface area contributed by atoms with Gasteiger partial charge in [-0.25, -0.2) is 9.78 Å². The van der Waals surface area contributed by atoms with Crippen LogP contribution in [0.1, 0.15) is 10.5 Å². The van der Waals surface area contributed by atoms with E-state index >= 15 is 0 Å².